The standard InChI is InChI=1S/C33H32/c1-17-13-14-25-26(17)29-22-10-6-5-9-21(22)27-20-15-18(2)19(3)33(4,16-20)32-24-12-8-7-11-23(24)28(25)31(32)30(27)29/h5-12,18-20,27,32H,1,13-16H2,2-4H3. The van der Waals surface area contributed by atoms with Crippen LogP contribution in [-0.2, 0) is 6.42 Å². The molecule has 1 fully saturated rings. The Bertz CT molecular complexity index is 1400. The van der Waals surface area contributed by atoms with Crippen molar-refractivity contribution in [3.63, 3.8) is 0 Å². The van der Waals surface area contributed by atoms with Crippen LogP contribution < -0.4 is 0 Å². The molecule has 0 aromatic heterocycles. The van der Waals surface area contributed by atoms with Crippen molar-refractivity contribution < 1.29 is 0 Å². The fourth-order valence-corrected chi connectivity index (χ4v) is 9.35. The fourth-order valence-electron chi connectivity index (χ4n) is 9.35. The van der Waals surface area contributed by atoms with Crippen molar-refractivity contribution >= 4 is 5.57 Å². The highest BCUT2D eigenvalue weighted by atomic mass is 14.6. The molecule has 0 nitrogen and oxygen atoms in total. The summed E-state index contributed by atoms with van der Waals surface area (Å²) in [5, 5.41) is 0. The second kappa shape index (κ2) is 5.90. The van der Waals surface area contributed by atoms with Gasteiger partial charge in [-0.05, 0) is 110 Å². The topological polar surface area (TPSA) is 0 Å². The molecule has 6 atom stereocenters. The maximum absolute atomic E-state index is 4.62. The normalized spacial score (nSPS) is 33.9. The first kappa shape index (κ1) is 18.8. The zero-order valence-electron chi connectivity index (χ0n) is 20.0. The summed E-state index contributed by atoms with van der Waals surface area (Å²) in [4.78, 5) is 0. The molecule has 0 radical (unpaired) electrons. The number of rotatable bonds is 0. The molecule has 0 heterocycles. The molecule has 0 N–H and O–H groups in total. The van der Waals surface area contributed by atoms with E-state index in [-0.39, 0.29) is 0 Å². The molecule has 33 heavy (non-hydrogen) atoms. The van der Waals surface area contributed by atoms with Gasteiger partial charge in [0.2, 0.25) is 0 Å². The zero-order chi connectivity index (χ0) is 22.2. The third kappa shape index (κ3) is 1.99. The zero-order valence-corrected chi connectivity index (χ0v) is 20.0. The van der Waals surface area contributed by atoms with Gasteiger partial charge in [-0.15, -0.1) is 0 Å². The first-order valence-corrected chi connectivity index (χ1v) is 13.1. The molecular formula is C33H32. The van der Waals surface area contributed by atoms with Gasteiger partial charge in [0, 0.05) is 11.8 Å². The van der Waals surface area contributed by atoms with Gasteiger partial charge >= 0.3 is 0 Å². The van der Waals surface area contributed by atoms with E-state index in [0.29, 0.717) is 17.3 Å². The van der Waals surface area contributed by atoms with Gasteiger partial charge < -0.3 is 0 Å². The van der Waals surface area contributed by atoms with E-state index in [1.54, 1.807) is 38.9 Å². The van der Waals surface area contributed by atoms with E-state index >= 15 is 0 Å². The fraction of sp³-hybridized carbons (Fsp3) is 0.394. The average molecular weight is 429 g/mol. The summed E-state index contributed by atoms with van der Waals surface area (Å²) < 4.78 is 0. The first-order valence-electron chi connectivity index (χ1n) is 13.1. The lowest BCUT2D eigenvalue weighted by atomic mass is 9.54. The molecule has 1 saturated carbocycles. The third-order valence-electron chi connectivity index (χ3n) is 10.8. The Hall–Kier alpha value is -2.60. The summed E-state index contributed by atoms with van der Waals surface area (Å²) in [7, 11) is 0. The van der Waals surface area contributed by atoms with E-state index in [1.807, 2.05) is 0 Å². The Morgan fingerprint density at radius 3 is 2.30 bits per heavy atom. The van der Waals surface area contributed by atoms with Crippen molar-refractivity contribution in [3.8, 4) is 22.3 Å². The van der Waals surface area contributed by atoms with E-state index in [9.17, 15) is 0 Å². The van der Waals surface area contributed by atoms with Crippen LogP contribution in [0.2, 0.25) is 0 Å². The number of benzene rings is 3. The van der Waals surface area contributed by atoms with Crippen LogP contribution in [0, 0.1) is 23.2 Å². The van der Waals surface area contributed by atoms with E-state index in [1.165, 1.54) is 35.1 Å². The summed E-state index contributed by atoms with van der Waals surface area (Å²) in [6, 6.07) is 18.9. The van der Waals surface area contributed by atoms with Gasteiger partial charge in [-0.25, -0.2) is 0 Å². The molecule has 3 aromatic carbocycles. The molecule has 0 amide bonds. The van der Waals surface area contributed by atoms with Gasteiger partial charge in [-0.1, -0.05) is 75.9 Å². The molecule has 5 aliphatic rings. The summed E-state index contributed by atoms with van der Waals surface area (Å²) in [5.74, 6) is 3.30. The van der Waals surface area contributed by atoms with Crippen LogP contribution in [0.5, 0.6) is 0 Å². The lowest BCUT2D eigenvalue weighted by molar-refractivity contribution is 0.0293. The summed E-state index contributed by atoms with van der Waals surface area (Å²) in [6.45, 7) is 12.4. The molecule has 3 aromatic rings. The second-order valence-electron chi connectivity index (χ2n) is 12.1. The Balaban J connectivity index is 1.60. The van der Waals surface area contributed by atoms with Gasteiger partial charge in [-0.3, -0.25) is 0 Å². The van der Waals surface area contributed by atoms with Crippen molar-refractivity contribution in [2.45, 2.75) is 58.3 Å². The van der Waals surface area contributed by atoms with E-state index < -0.39 is 0 Å². The van der Waals surface area contributed by atoms with E-state index in [4.69, 9.17) is 0 Å². The monoisotopic (exact) mass is 428 g/mol. The Morgan fingerprint density at radius 1 is 0.818 bits per heavy atom. The van der Waals surface area contributed by atoms with Crippen molar-refractivity contribution in [1.82, 2.24) is 0 Å². The van der Waals surface area contributed by atoms with Crippen LogP contribution in [0.15, 0.2) is 55.1 Å². The molecule has 6 unspecified atom stereocenters. The van der Waals surface area contributed by atoms with Crippen LogP contribution in [0.25, 0.3) is 27.8 Å². The number of allylic oxidation sites excluding steroid dienone is 1. The highest BCUT2D eigenvalue weighted by Crippen LogP contribution is 2.71. The minimum absolute atomic E-state index is 0.306. The first-order chi connectivity index (χ1) is 16.0. The number of fused-ring (bicyclic) bond motifs is 13. The van der Waals surface area contributed by atoms with E-state index in [0.717, 1.165) is 30.6 Å². The molecular weight excluding hydrogens is 396 g/mol. The van der Waals surface area contributed by atoms with Crippen molar-refractivity contribution in [3.05, 3.63) is 88.5 Å². The number of hydrogen-bond donors (Lipinski definition) is 0. The van der Waals surface area contributed by atoms with Crippen LogP contribution in [0.4, 0.5) is 0 Å². The van der Waals surface area contributed by atoms with Gasteiger partial charge in [0.05, 0.1) is 0 Å². The van der Waals surface area contributed by atoms with Crippen LogP contribution in [0.3, 0.4) is 0 Å². The predicted molar refractivity (Wildman–Crippen MR) is 138 cm³/mol. The quantitative estimate of drug-likeness (QED) is 0.336. The van der Waals surface area contributed by atoms with Gasteiger partial charge in [-0.2, -0.15) is 0 Å². The van der Waals surface area contributed by atoms with Crippen molar-refractivity contribution in [2.24, 2.45) is 23.2 Å². The highest BCUT2D eigenvalue weighted by molar-refractivity contribution is 6.00. The smallest absolute Gasteiger partial charge is 0.0161 e. The van der Waals surface area contributed by atoms with E-state index in [2.05, 4.69) is 75.9 Å². The molecule has 2 bridgehead atoms. The lowest BCUT2D eigenvalue weighted by Gasteiger charge is -2.50. The molecule has 0 aliphatic heterocycles. The summed E-state index contributed by atoms with van der Waals surface area (Å²) in [6.07, 6.45) is 4.97. The Morgan fingerprint density at radius 2 is 1.52 bits per heavy atom. The molecule has 0 saturated heterocycles. The molecule has 0 heteroatoms. The summed E-state index contributed by atoms with van der Waals surface area (Å²) in [5.41, 5.74) is 17.7. The minimum Gasteiger partial charge on any atom is -0.0952 e. The van der Waals surface area contributed by atoms with Crippen LogP contribution >= 0.6 is 0 Å². The van der Waals surface area contributed by atoms with Gasteiger partial charge in [0.15, 0.2) is 0 Å². The number of hydrogen-bond acceptors (Lipinski definition) is 0. The molecule has 164 valence electrons. The summed E-state index contributed by atoms with van der Waals surface area (Å²) >= 11 is 0. The van der Waals surface area contributed by atoms with Gasteiger partial charge in [0.1, 0.15) is 0 Å². The van der Waals surface area contributed by atoms with Crippen LogP contribution in [-0.4, -0.2) is 0 Å². The van der Waals surface area contributed by atoms with Gasteiger partial charge in [0.25, 0.3) is 0 Å². The SMILES string of the molecule is C=C1CCc2c1c1c3c4c2-c2ccccc2C4C2(C)CC(CC(C)C2C)C3c2ccccc2-1. The molecule has 8 rings (SSSR count). The third-order valence-corrected chi connectivity index (χ3v) is 10.8. The highest BCUT2D eigenvalue weighted by Gasteiger charge is 2.58. The average Bonchev–Trinajstić information content (AvgIpc) is 3.45. The maximum atomic E-state index is 4.62. The lowest BCUT2D eigenvalue weighted by Crippen LogP contribution is -2.42. The van der Waals surface area contributed by atoms with Crippen LogP contribution in [0.1, 0.15) is 85.3 Å². The van der Waals surface area contributed by atoms with Crippen molar-refractivity contribution in [1.29, 1.82) is 0 Å². The Kier molecular flexibility index (Phi) is 3.36. The largest absolute Gasteiger partial charge is 0.0952 e. The predicted octanol–water partition coefficient (Wildman–Crippen LogP) is 8.57. The minimum atomic E-state index is 0.306. The molecule has 0 spiro atoms. The Labute approximate surface area is 197 Å². The second-order valence-corrected chi connectivity index (χ2v) is 12.1. The van der Waals surface area contributed by atoms with Crippen molar-refractivity contribution in [2.75, 3.05) is 0 Å². The maximum Gasteiger partial charge on any atom is 0.0161 e. The molecule has 5 aliphatic carbocycles.